The van der Waals surface area contributed by atoms with Crippen molar-refractivity contribution in [1.82, 2.24) is 3.97 Å². The van der Waals surface area contributed by atoms with Crippen LogP contribution < -0.4 is 0 Å². The molecule has 1 aromatic heterocycles. The average Bonchev–Trinajstić information content (AvgIpc) is 2.66. The zero-order valence-electron chi connectivity index (χ0n) is 9.88. The molecule has 0 aliphatic carbocycles. The van der Waals surface area contributed by atoms with Gasteiger partial charge in [-0.3, -0.25) is 3.97 Å². The molecular weight excluding hydrogens is 257 g/mol. The van der Waals surface area contributed by atoms with Gasteiger partial charge in [-0.2, -0.15) is 0 Å². The van der Waals surface area contributed by atoms with Crippen LogP contribution in [0.15, 0.2) is 24.4 Å². The first-order valence-corrected chi connectivity index (χ1v) is 6.53. The van der Waals surface area contributed by atoms with Crippen LogP contribution in [0.3, 0.4) is 0 Å². The third-order valence-corrected chi connectivity index (χ3v) is 4.06. The van der Waals surface area contributed by atoms with Crippen molar-refractivity contribution in [2.75, 3.05) is 0 Å². The molecule has 1 N–H and O–H groups in total. The van der Waals surface area contributed by atoms with E-state index in [1.807, 2.05) is 0 Å². The average molecular weight is 269 g/mol. The van der Waals surface area contributed by atoms with Crippen molar-refractivity contribution in [3.05, 3.63) is 35.8 Å². The summed E-state index contributed by atoms with van der Waals surface area (Å²) in [6, 6.07) is 3.81. The van der Waals surface area contributed by atoms with E-state index < -0.39 is 22.8 Å². The van der Waals surface area contributed by atoms with E-state index >= 15 is 0 Å². The lowest BCUT2D eigenvalue weighted by atomic mass is 10.2. The number of carbonyl (C=O) groups is 1. The molecule has 2 rings (SSSR count). The summed E-state index contributed by atoms with van der Waals surface area (Å²) < 4.78 is 26.6. The predicted octanol–water partition coefficient (Wildman–Crippen LogP) is 2.40. The molecule has 0 aliphatic heterocycles. The van der Waals surface area contributed by atoms with Gasteiger partial charge in [0.15, 0.2) is 0 Å². The summed E-state index contributed by atoms with van der Waals surface area (Å²) in [7, 11) is -1.38. The van der Waals surface area contributed by atoms with E-state index in [4.69, 9.17) is 5.11 Å². The van der Waals surface area contributed by atoms with Crippen LogP contribution in [0.4, 0.5) is 4.39 Å². The van der Waals surface area contributed by atoms with Gasteiger partial charge in [0.25, 0.3) is 0 Å². The van der Waals surface area contributed by atoms with Gasteiger partial charge in [0.05, 0.1) is 11.1 Å². The number of carboxylic acids is 1. The number of carboxylic acid groups (broad SMARTS) is 1. The van der Waals surface area contributed by atoms with Crippen molar-refractivity contribution < 1.29 is 18.5 Å². The van der Waals surface area contributed by atoms with Crippen LogP contribution in [0.5, 0.6) is 0 Å². The number of aromatic carboxylic acids is 1. The monoisotopic (exact) mass is 269 g/mol. The van der Waals surface area contributed by atoms with E-state index in [1.54, 1.807) is 13.8 Å². The molecule has 18 heavy (non-hydrogen) atoms. The first-order chi connectivity index (χ1) is 8.41. The van der Waals surface area contributed by atoms with Crippen molar-refractivity contribution in [3.63, 3.8) is 0 Å². The second kappa shape index (κ2) is 4.53. The summed E-state index contributed by atoms with van der Waals surface area (Å²) in [4.78, 5) is 11.1. The highest BCUT2D eigenvalue weighted by Gasteiger charge is 2.18. The SMILES string of the molecule is CC(C)S(=O)n1cc(C(=O)O)c2cc(F)ccc21. The molecular formula is C12H12FNO3S. The molecule has 0 spiro atoms. The van der Waals surface area contributed by atoms with Crippen LogP contribution >= 0.6 is 0 Å². The largest absolute Gasteiger partial charge is 0.478 e. The van der Waals surface area contributed by atoms with Gasteiger partial charge in [-0.05, 0) is 32.0 Å². The van der Waals surface area contributed by atoms with Gasteiger partial charge in [-0.1, -0.05) is 0 Å². The second-order valence-corrected chi connectivity index (χ2v) is 6.05. The quantitative estimate of drug-likeness (QED) is 0.930. The van der Waals surface area contributed by atoms with Gasteiger partial charge in [0.2, 0.25) is 0 Å². The number of nitrogens with zero attached hydrogens (tertiary/aromatic N) is 1. The Kier molecular flexibility index (Phi) is 3.21. The van der Waals surface area contributed by atoms with Crippen LogP contribution in [0.25, 0.3) is 10.9 Å². The van der Waals surface area contributed by atoms with Crippen LogP contribution in [-0.4, -0.2) is 24.5 Å². The van der Waals surface area contributed by atoms with E-state index in [0.717, 1.165) is 6.07 Å². The standard InChI is InChI=1S/C12H12FNO3S/c1-7(2)18(17)14-6-10(12(15)16)9-5-8(13)3-4-11(9)14/h3-7H,1-2H3,(H,15,16). The van der Waals surface area contributed by atoms with Crippen molar-refractivity contribution in [3.8, 4) is 0 Å². The fraction of sp³-hybridized carbons (Fsp3) is 0.250. The zero-order chi connectivity index (χ0) is 13.4. The fourth-order valence-corrected chi connectivity index (χ4v) is 2.74. The Balaban J connectivity index is 2.76. The van der Waals surface area contributed by atoms with Crippen molar-refractivity contribution in [2.45, 2.75) is 19.1 Å². The molecule has 0 bridgehead atoms. The molecule has 0 amide bonds. The van der Waals surface area contributed by atoms with E-state index in [1.165, 1.54) is 22.3 Å². The Labute approximate surface area is 106 Å². The lowest BCUT2D eigenvalue weighted by Crippen LogP contribution is -2.13. The van der Waals surface area contributed by atoms with Gasteiger partial charge in [-0.15, -0.1) is 0 Å². The minimum absolute atomic E-state index is 0.0431. The first-order valence-electron chi connectivity index (χ1n) is 5.36. The summed E-state index contributed by atoms with van der Waals surface area (Å²) >= 11 is 0. The molecule has 6 heteroatoms. The second-order valence-electron chi connectivity index (χ2n) is 4.16. The molecule has 0 saturated carbocycles. The molecule has 1 heterocycles. The van der Waals surface area contributed by atoms with Crippen LogP contribution in [-0.2, 0) is 11.0 Å². The van der Waals surface area contributed by atoms with E-state index in [9.17, 15) is 13.4 Å². The minimum atomic E-state index is -1.38. The van der Waals surface area contributed by atoms with Crippen molar-refractivity contribution in [2.24, 2.45) is 0 Å². The van der Waals surface area contributed by atoms with Crippen LogP contribution in [0.1, 0.15) is 24.2 Å². The Morgan fingerprint density at radius 1 is 1.44 bits per heavy atom. The highest BCUT2D eigenvalue weighted by molar-refractivity contribution is 7.84. The summed E-state index contributed by atoms with van der Waals surface area (Å²) in [5.41, 5.74) is 0.416. The zero-order valence-corrected chi connectivity index (χ0v) is 10.7. The number of fused-ring (bicyclic) bond motifs is 1. The summed E-state index contributed by atoms with van der Waals surface area (Å²) in [5, 5.41) is 9.17. The molecule has 1 atom stereocenters. The summed E-state index contributed by atoms with van der Waals surface area (Å²) in [6.07, 6.45) is 1.29. The number of halogens is 1. The first kappa shape index (κ1) is 12.8. The van der Waals surface area contributed by atoms with Gasteiger partial charge in [0, 0.05) is 16.8 Å². The predicted molar refractivity (Wildman–Crippen MR) is 67.5 cm³/mol. The molecule has 4 nitrogen and oxygen atoms in total. The molecule has 0 aliphatic rings. The number of hydrogen-bond acceptors (Lipinski definition) is 2. The highest BCUT2D eigenvalue weighted by Crippen LogP contribution is 2.24. The lowest BCUT2D eigenvalue weighted by molar-refractivity contribution is 0.0699. The number of benzene rings is 1. The Hall–Kier alpha value is -1.69. The van der Waals surface area contributed by atoms with E-state index in [-0.39, 0.29) is 16.2 Å². The molecule has 96 valence electrons. The van der Waals surface area contributed by atoms with Crippen LogP contribution in [0, 0.1) is 5.82 Å². The molecule has 0 saturated heterocycles. The Bertz CT molecular complexity index is 648. The minimum Gasteiger partial charge on any atom is -0.478 e. The maximum absolute atomic E-state index is 13.2. The smallest absolute Gasteiger partial charge is 0.337 e. The Morgan fingerprint density at radius 2 is 2.11 bits per heavy atom. The maximum Gasteiger partial charge on any atom is 0.337 e. The third-order valence-electron chi connectivity index (χ3n) is 2.56. The van der Waals surface area contributed by atoms with Gasteiger partial charge >= 0.3 is 5.97 Å². The highest BCUT2D eigenvalue weighted by atomic mass is 32.2. The maximum atomic E-state index is 13.2. The molecule has 1 aromatic carbocycles. The molecule has 0 radical (unpaired) electrons. The number of rotatable bonds is 3. The lowest BCUT2D eigenvalue weighted by Gasteiger charge is -2.07. The van der Waals surface area contributed by atoms with Crippen LogP contribution in [0.2, 0.25) is 0 Å². The number of aromatic nitrogens is 1. The number of hydrogen-bond donors (Lipinski definition) is 1. The fourth-order valence-electron chi connectivity index (χ4n) is 1.72. The third kappa shape index (κ3) is 2.03. The molecule has 1 unspecified atom stereocenters. The molecule has 0 fully saturated rings. The van der Waals surface area contributed by atoms with Gasteiger partial charge in [0.1, 0.15) is 16.8 Å². The van der Waals surface area contributed by atoms with Gasteiger partial charge in [-0.25, -0.2) is 13.4 Å². The topological polar surface area (TPSA) is 59.3 Å². The molecule has 2 aromatic rings. The van der Waals surface area contributed by atoms with Crippen molar-refractivity contribution >= 4 is 27.9 Å². The van der Waals surface area contributed by atoms with E-state index in [0.29, 0.717) is 5.52 Å². The Morgan fingerprint density at radius 3 is 2.67 bits per heavy atom. The van der Waals surface area contributed by atoms with E-state index in [2.05, 4.69) is 0 Å². The van der Waals surface area contributed by atoms with Gasteiger partial charge < -0.3 is 5.11 Å². The summed E-state index contributed by atoms with van der Waals surface area (Å²) in [5.74, 6) is -1.68. The normalized spacial score (nSPS) is 13.1. The van der Waals surface area contributed by atoms with Crippen molar-refractivity contribution in [1.29, 1.82) is 0 Å². The summed E-state index contributed by atoms with van der Waals surface area (Å²) in [6.45, 7) is 3.54.